The van der Waals surface area contributed by atoms with Crippen LogP contribution in [0.15, 0.2) is 0 Å². The smallest absolute Gasteiger partial charge is 0.176 e. The molecule has 1 rings (SSSR count). The van der Waals surface area contributed by atoms with Gasteiger partial charge >= 0.3 is 0 Å². The lowest BCUT2D eigenvalue weighted by molar-refractivity contribution is 0.0980. The Morgan fingerprint density at radius 1 is 1.00 bits per heavy atom. The molecular weight excluding hydrogens is 280 g/mol. The van der Waals surface area contributed by atoms with E-state index < -0.39 is 0 Å². The normalized spacial score (nSPS) is 11.8. The van der Waals surface area contributed by atoms with E-state index in [-0.39, 0.29) is 11.2 Å². The summed E-state index contributed by atoms with van der Waals surface area (Å²) in [5, 5.41) is 4.14. The Morgan fingerprint density at radius 2 is 1.57 bits per heavy atom. The number of carbonyl (C=O) groups excluding carboxylic acids is 1. The summed E-state index contributed by atoms with van der Waals surface area (Å²) in [6.07, 6.45) is 10.7. The summed E-state index contributed by atoms with van der Waals surface area (Å²) >= 11 is 1.25. The maximum Gasteiger partial charge on any atom is 0.176 e. The summed E-state index contributed by atoms with van der Waals surface area (Å²) in [7, 11) is 0. The van der Waals surface area contributed by atoms with Crippen molar-refractivity contribution in [1.82, 2.24) is 9.59 Å². The van der Waals surface area contributed by atoms with E-state index in [0.717, 1.165) is 23.4 Å². The van der Waals surface area contributed by atoms with Crippen LogP contribution < -0.4 is 0 Å². The molecule has 0 N–H and O–H groups in total. The van der Waals surface area contributed by atoms with Crippen LogP contribution in [0.2, 0.25) is 0 Å². The molecule has 0 aromatic carbocycles. The van der Waals surface area contributed by atoms with Gasteiger partial charge in [0.25, 0.3) is 0 Å². The van der Waals surface area contributed by atoms with Gasteiger partial charge < -0.3 is 0 Å². The van der Waals surface area contributed by atoms with E-state index in [1.807, 2.05) is 0 Å². The Balaban J connectivity index is 2.24. The third-order valence-electron chi connectivity index (χ3n) is 3.71. The fourth-order valence-corrected chi connectivity index (χ4v) is 3.24. The molecule has 0 aliphatic rings. The van der Waals surface area contributed by atoms with Crippen molar-refractivity contribution in [2.24, 2.45) is 0 Å². The van der Waals surface area contributed by atoms with Gasteiger partial charge in [0.15, 0.2) is 5.78 Å². The molecule has 0 amide bonds. The van der Waals surface area contributed by atoms with Crippen molar-refractivity contribution in [3.63, 3.8) is 0 Å². The summed E-state index contributed by atoms with van der Waals surface area (Å²) in [4.78, 5) is 13.0. The maximum atomic E-state index is 12.3. The summed E-state index contributed by atoms with van der Waals surface area (Å²) in [6.45, 7) is 8.48. The Bertz CT molecular complexity index is 421. The number of hydrogen-bond donors (Lipinski definition) is 0. The second kappa shape index (κ2) is 9.29. The van der Waals surface area contributed by atoms with E-state index >= 15 is 0 Å². The first-order valence-corrected chi connectivity index (χ1v) is 9.10. The van der Waals surface area contributed by atoms with E-state index in [2.05, 4.69) is 37.3 Å². The lowest BCUT2D eigenvalue weighted by Gasteiger charge is -2.15. The van der Waals surface area contributed by atoms with Crippen LogP contribution in [0.1, 0.15) is 101 Å². The number of ketones is 1. The average Bonchev–Trinajstić information content (AvgIpc) is 2.91. The van der Waals surface area contributed by atoms with Gasteiger partial charge in [0.2, 0.25) is 0 Å². The molecule has 3 nitrogen and oxygen atoms in total. The van der Waals surface area contributed by atoms with E-state index in [1.54, 1.807) is 0 Å². The molecule has 120 valence electrons. The molecule has 0 saturated heterocycles. The van der Waals surface area contributed by atoms with Crippen LogP contribution in [0, 0.1) is 0 Å². The highest BCUT2D eigenvalue weighted by Gasteiger charge is 2.25. The van der Waals surface area contributed by atoms with Gasteiger partial charge in [-0.05, 0) is 18.0 Å². The summed E-state index contributed by atoms with van der Waals surface area (Å²) in [5.74, 6) is 0.223. The first-order valence-electron chi connectivity index (χ1n) is 8.33. The van der Waals surface area contributed by atoms with Crippen LogP contribution in [0.3, 0.4) is 0 Å². The standard InChI is InChI=1S/C17H30N2OS/c1-5-6-7-8-9-10-11-12-13-14(20)15-16(17(2,3)4)18-19-21-15/h5-13H2,1-4H3. The van der Waals surface area contributed by atoms with E-state index in [1.165, 1.54) is 50.1 Å². The minimum atomic E-state index is -0.0999. The first kappa shape index (κ1) is 18.3. The molecule has 0 unspecified atom stereocenters. The number of hydrogen-bond acceptors (Lipinski definition) is 4. The summed E-state index contributed by atoms with van der Waals surface area (Å²) in [6, 6.07) is 0. The minimum Gasteiger partial charge on any atom is -0.293 e. The van der Waals surface area contributed by atoms with Crippen LogP contribution >= 0.6 is 11.5 Å². The SMILES string of the molecule is CCCCCCCCCCC(=O)c1snnc1C(C)(C)C. The summed E-state index contributed by atoms with van der Waals surface area (Å²) < 4.78 is 3.97. The van der Waals surface area contributed by atoms with Gasteiger partial charge in [-0.1, -0.05) is 77.1 Å². The fraction of sp³-hybridized carbons (Fsp3) is 0.824. The Hall–Kier alpha value is -0.770. The highest BCUT2D eigenvalue weighted by atomic mass is 32.1. The third-order valence-corrected chi connectivity index (χ3v) is 4.48. The molecule has 0 atom stereocenters. The maximum absolute atomic E-state index is 12.3. The van der Waals surface area contributed by atoms with Crippen molar-refractivity contribution in [2.75, 3.05) is 0 Å². The second-order valence-corrected chi connectivity index (χ2v) is 7.60. The Kier molecular flexibility index (Phi) is 8.09. The van der Waals surface area contributed by atoms with Crippen molar-refractivity contribution in [2.45, 2.75) is 90.9 Å². The molecule has 0 radical (unpaired) electrons. The lowest BCUT2D eigenvalue weighted by Crippen LogP contribution is -2.16. The number of unbranched alkanes of at least 4 members (excludes halogenated alkanes) is 7. The van der Waals surface area contributed by atoms with Crippen LogP contribution in [0.5, 0.6) is 0 Å². The monoisotopic (exact) mass is 310 g/mol. The van der Waals surface area contributed by atoms with Crippen LogP contribution in [0.4, 0.5) is 0 Å². The van der Waals surface area contributed by atoms with Gasteiger partial charge in [-0.3, -0.25) is 4.79 Å². The zero-order valence-electron chi connectivity index (χ0n) is 14.1. The molecule has 0 saturated carbocycles. The van der Waals surface area contributed by atoms with E-state index in [0.29, 0.717) is 6.42 Å². The first-order chi connectivity index (χ1) is 9.96. The van der Waals surface area contributed by atoms with Crippen LogP contribution in [-0.4, -0.2) is 15.4 Å². The molecule has 1 heterocycles. The van der Waals surface area contributed by atoms with Gasteiger partial charge in [0.1, 0.15) is 4.88 Å². The number of rotatable bonds is 10. The average molecular weight is 311 g/mol. The predicted molar refractivity (Wildman–Crippen MR) is 90.2 cm³/mol. The summed E-state index contributed by atoms with van der Waals surface area (Å²) in [5.41, 5.74) is 0.758. The Labute approximate surface area is 133 Å². The molecule has 1 aromatic rings. The van der Waals surface area contributed by atoms with Gasteiger partial charge in [0.05, 0.1) is 5.69 Å². The third kappa shape index (κ3) is 6.68. The molecule has 1 aromatic heterocycles. The van der Waals surface area contributed by atoms with Crippen molar-refractivity contribution in [3.05, 3.63) is 10.6 Å². The molecule has 0 fully saturated rings. The molecule has 0 aliphatic heterocycles. The lowest BCUT2D eigenvalue weighted by atomic mass is 9.90. The highest BCUT2D eigenvalue weighted by Crippen LogP contribution is 2.27. The van der Waals surface area contributed by atoms with E-state index in [4.69, 9.17) is 0 Å². The van der Waals surface area contributed by atoms with Gasteiger partial charge in [-0.25, -0.2) is 0 Å². The fourth-order valence-electron chi connectivity index (χ4n) is 2.40. The molecule has 0 bridgehead atoms. The van der Waals surface area contributed by atoms with Gasteiger partial charge in [-0.15, -0.1) is 5.10 Å². The van der Waals surface area contributed by atoms with Crippen molar-refractivity contribution in [3.8, 4) is 0 Å². The predicted octanol–water partition coefficient (Wildman–Crippen LogP) is 5.55. The van der Waals surface area contributed by atoms with Gasteiger partial charge in [0, 0.05) is 11.8 Å². The molecular formula is C17H30N2OS. The van der Waals surface area contributed by atoms with Gasteiger partial charge in [-0.2, -0.15) is 0 Å². The zero-order chi connectivity index (χ0) is 15.7. The molecule has 4 heteroatoms. The highest BCUT2D eigenvalue weighted by molar-refractivity contribution is 7.08. The van der Waals surface area contributed by atoms with Crippen LogP contribution in [0.25, 0.3) is 0 Å². The second-order valence-electron chi connectivity index (χ2n) is 6.85. The van der Waals surface area contributed by atoms with E-state index in [9.17, 15) is 4.79 Å². The minimum absolute atomic E-state index is 0.0999. The van der Waals surface area contributed by atoms with Crippen molar-refractivity contribution >= 4 is 17.3 Å². The molecule has 0 spiro atoms. The zero-order valence-corrected chi connectivity index (χ0v) is 14.9. The number of nitrogens with zero attached hydrogens (tertiary/aromatic N) is 2. The molecule has 0 aliphatic carbocycles. The Morgan fingerprint density at radius 3 is 2.14 bits per heavy atom. The largest absolute Gasteiger partial charge is 0.293 e. The van der Waals surface area contributed by atoms with Crippen molar-refractivity contribution < 1.29 is 4.79 Å². The molecule has 21 heavy (non-hydrogen) atoms. The van der Waals surface area contributed by atoms with Crippen molar-refractivity contribution in [1.29, 1.82) is 0 Å². The number of aromatic nitrogens is 2. The quantitative estimate of drug-likeness (QED) is 0.420. The topological polar surface area (TPSA) is 42.9 Å². The number of Topliss-reactive ketones (excluding diaryl/α,β-unsaturated/α-hetero) is 1. The number of carbonyl (C=O) groups is 1. The van der Waals surface area contributed by atoms with Crippen LogP contribution in [-0.2, 0) is 5.41 Å².